The van der Waals surface area contributed by atoms with Crippen LogP contribution in [0.3, 0.4) is 0 Å². The lowest BCUT2D eigenvalue weighted by atomic mass is 9.85. The third kappa shape index (κ3) is 4.29. The van der Waals surface area contributed by atoms with Crippen molar-refractivity contribution in [2.45, 2.75) is 57.7 Å². The molecule has 5 heterocycles. The van der Waals surface area contributed by atoms with E-state index in [1.165, 1.54) is 16.6 Å². The van der Waals surface area contributed by atoms with Gasteiger partial charge in [-0.2, -0.15) is 5.10 Å². The average molecular weight is 466 g/mol. The van der Waals surface area contributed by atoms with E-state index >= 15 is 0 Å². The summed E-state index contributed by atoms with van der Waals surface area (Å²) < 4.78 is 1.96. The van der Waals surface area contributed by atoms with Crippen molar-refractivity contribution in [1.29, 1.82) is 0 Å². The number of aromatic nitrogens is 3. The molecule has 4 aromatic rings. The van der Waals surface area contributed by atoms with Gasteiger partial charge in [0.15, 0.2) is 0 Å². The molecule has 2 saturated heterocycles. The minimum Gasteiger partial charge on any atom is -0.381 e. The van der Waals surface area contributed by atoms with E-state index in [-0.39, 0.29) is 5.91 Å². The van der Waals surface area contributed by atoms with Crippen LogP contribution in [0.25, 0.3) is 5.52 Å². The highest BCUT2D eigenvalue weighted by Gasteiger charge is 2.43. The normalized spacial score (nSPS) is 21.4. The van der Waals surface area contributed by atoms with Crippen LogP contribution in [0, 0.1) is 12.8 Å². The summed E-state index contributed by atoms with van der Waals surface area (Å²) in [5, 5.41) is 7.89. The Morgan fingerprint density at radius 1 is 1.03 bits per heavy atom. The van der Waals surface area contributed by atoms with Gasteiger partial charge in [0.2, 0.25) is 0 Å². The summed E-state index contributed by atoms with van der Waals surface area (Å²) in [5.41, 5.74) is 6.67. The van der Waals surface area contributed by atoms with Crippen LogP contribution < -0.4 is 5.32 Å². The molecule has 1 amide bonds. The molecule has 2 aliphatic heterocycles. The van der Waals surface area contributed by atoms with E-state index in [4.69, 9.17) is 0 Å². The zero-order chi connectivity index (χ0) is 23.8. The highest BCUT2D eigenvalue weighted by atomic mass is 16.2. The van der Waals surface area contributed by atoms with E-state index in [9.17, 15) is 4.79 Å². The second kappa shape index (κ2) is 9.17. The van der Waals surface area contributed by atoms with Crippen LogP contribution in [0.1, 0.15) is 52.7 Å². The van der Waals surface area contributed by atoms with Crippen LogP contribution in [0.5, 0.6) is 0 Å². The first-order chi connectivity index (χ1) is 17.2. The monoisotopic (exact) mass is 465 g/mol. The molecule has 178 valence electrons. The van der Waals surface area contributed by atoms with Crippen molar-refractivity contribution in [3.8, 4) is 0 Å². The van der Waals surface area contributed by atoms with E-state index in [0.29, 0.717) is 24.5 Å². The molecule has 1 aromatic carbocycles. The Labute approximate surface area is 206 Å². The van der Waals surface area contributed by atoms with Crippen molar-refractivity contribution in [1.82, 2.24) is 19.5 Å². The lowest BCUT2D eigenvalue weighted by Gasteiger charge is -2.39. The van der Waals surface area contributed by atoms with Crippen LogP contribution in [0.15, 0.2) is 73.3 Å². The number of carbonyl (C=O) groups is 1. The lowest BCUT2D eigenvalue weighted by molar-refractivity contribution is 0.0525. The Balaban J connectivity index is 1.16. The maximum atomic E-state index is 13.7. The first kappa shape index (κ1) is 21.8. The summed E-state index contributed by atoms with van der Waals surface area (Å²) in [6.45, 7) is 2.79. The van der Waals surface area contributed by atoms with E-state index in [1.54, 1.807) is 12.4 Å². The zero-order valence-electron chi connectivity index (χ0n) is 20.1. The number of nitrogens with one attached hydrogen (secondary N) is 1. The van der Waals surface area contributed by atoms with Gasteiger partial charge < -0.3 is 10.2 Å². The highest BCUT2D eigenvalue weighted by molar-refractivity contribution is 5.96. The van der Waals surface area contributed by atoms with E-state index in [2.05, 4.69) is 51.5 Å². The SMILES string of the molecule is Cc1ccc(C(=O)N2[C@H]3CC[C@H]2CC(Cc2cccn4nccc24)C3)cc1NCc1ccncc1. The van der Waals surface area contributed by atoms with Crippen LogP contribution >= 0.6 is 0 Å². The fourth-order valence-electron chi connectivity index (χ4n) is 6.08. The predicted molar refractivity (Wildman–Crippen MR) is 137 cm³/mol. The first-order valence-electron chi connectivity index (χ1n) is 12.6. The minimum atomic E-state index is 0.181. The molecular weight excluding hydrogens is 434 g/mol. The maximum Gasteiger partial charge on any atom is 0.254 e. The fourth-order valence-corrected chi connectivity index (χ4v) is 6.08. The molecule has 0 unspecified atom stereocenters. The number of hydrogen-bond acceptors (Lipinski definition) is 4. The topological polar surface area (TPSA) is 62.5 Å². The van der Waals surface area contributed by atoms with Gasteiger partial charge >= 0.3 is 0 Å². The summed E-state index contributed by atoms with van der Waals surface area (Å²) in [5.74, 6) is 0.786. The second-order valence-electron chi connectivity index (χ2n) is 10.1. The van der Waals surface area contributed by atoms with Crippen molar-refractivity contribution in [2.75, 3.05) is 5.32 Å². The number of amides is 1. The molecule has 6 rings (SSSR count). The lowest BCUT2D eigenvalue weighted by Crippen LogP contribution is -2.46. The summed E-state index contributed by atoms with van der Waals surface area (Å²) >= 11 is 0. The number of hydrogen-bond donors (Lipinski definition) is 1. The second-order valence-corrected chi connectivity index (χ2v) is 10.1. The van der Waals surface area contributed by atoms with Crippen LogP contribution in [0.2, 0.25) is 0 Å². The summed E-state index contributed by atoms with van der Waals surface area (Å²) in [6.07, 6.45) is 12.9. The standard InChI is InChI=1S/C29H31N5O/c1-20-4-5-24(18-27(20)31-19-21-8-11-30-12-9-21)29(35)34-25-6-7-26(34)17-22(16-25)15-23-3-2-14-33-28(23)10-13-32-33/h2-5,8-14,18,22,25-26,31H,6-7,15-17,19H2,1H3/t25-,26-/m0/s1. The van der Waals surface area contributed by atoms with E-state index in [0.717, 1.165) is 48.9 Å². The molecule has 0 radical (unpaired) electrons. The molecule has 3 aromatic heterocycles. The number of nitrogens with zero attached hydrogens (tertiary/aromatic N) is 4. The van der Waals surface area contributed by atoms with Crippen molar-refractivity contribution < 1.29 is 4.79 Å². The molecule has 0 spiro atoms. The third-order valence-electron chi connectivity index (χ3n) is 7.81. The molecule has 2 atom stereocenters. The number of rotatable bonds is 6. The smallest absolute Gasteiger partial charge is 0.254 e. The van der Waals surface area contributed by atoms with Crippen molar-refractivity contribution in [3.05, 3.63) is 95.6 Å². The minimum absolute atomic E-state index is 0.181. The van der Waals surface area contributed by atoms with Gasteiger partial charge in [0.05, 0.1) is 5.52 Å². The van der Waals surface area contributed by atoms with Gasteiger partial charge in [-0.3, -0.25) is 9.78 Å². The third-order valence-corrected chi connectivity index (χ3v) is 7.81. The summed E-state index contributed by atoms with van der Waals surface area (Å²) in [6, 6.07) is 17.2. The predicted octanol–water partition coefficient (Wildman–Crippen LogP) is 5.28. The Morgan fingerprint density at radius 3 is 2.63 bits per heavy atom. The molecule has 2 aliphatic rings. The van der Waals surface area contributed by atoms with E-state index in [1.807, 2.05) is 41.2 Å². The molecule has 2 fully saturated rings. The Morgan fingerprint density at radius 2 is 1.83 bits per heavy atom. The van der Waals surface area contributed by atoms with Gasteiger partial charge in [-0.15, -0.1) is 0 Å². The molecule has 1 N–H and O–H groups in total. The Bertz CT molecular complexity index is 1330. The Kier molecular flexibility index (Phi) is 5.72. The van der Waals surface area contributed by atoms with Crippen LogP contribution in [0.4, 0.5) is 5.69 Å². The zero-order valence-corrected chi connectivity index (χ0v) is 20.1. The molecule has 2 bridgehead atoms. The van der Waals surface area contributed by atoms with Gasteiger partial charge in [0.25, 0.3) is 5.91 Å². The van der Waals surface area contributed by atoms with Crippen molar-refractivity contribution in [3.63, 3.8) is 0 Å². The summed E-state index contributed by atoms with van der Waals surface area (Å²) in [4.78, 5) is 20.0. The molecule has 0 saturated carbocycles. The molecular formula is C29H31N5O. The highest BCUT2D eigenvalue weighted by Crippen LogP contribution is 2.41. The number of anilines is 1. The number of pyridine rings is 2. The molecule has 35 heavy (non-hydrogen) atoms. The maximum absolute atomic E-state index is 13.7. The first-order valence-corrected chi connectivity index (χ1v) is 12.6. The van der Waals surface area contributed by atoms with Gasteiger partial charge in [-0.25, -0.2) is 4.52 Å². The molecule has 0 aliphatic carbocycles. The fraction of sp³-hybridized carbons (Fsp3) is 0.345. The number of aryl methyl sites for hydroxylation is 1. The quantitative estimate of drug-likeness (QED) is 0.421. The summed E-state index contributed by atoms with van der Waals surface area (Å²) in [7, 11) is 0. The number of piperidine rings is 1. The van der Waals surface area contributed by atoms with Crippen molar-refractivity contribution >= 4 is 17.1 Å². The van der Waals surface area contributed by atoms with Crippen molar-refractivity contribution in [2.24, 2.45) is 5.92 Å². The van der Waals surface area contributed by atoms with Gasteiger partial charge in [0.1, 0.15) is 0 Å². The number of fused-ring (bicyclic) bond motifs is 3. The average Bonchev–Trinajstić information content (AvgIpc) is 3.47. The Hall–Kier alpha value is -3.67. The number of benzene rings is 1. The van der Waals surface area contributed by atoms with Crippen LogP contribution in [-0.2, 0) is 13.0 Å². The largest absolute Gasteiger partial charge is 0.381 e. The van der Waals surface area contributed by atoms with Gasteiger partial charge in [-0.05, 0) is 98.0 Å². The van der Waals surface area contributed by atoms with Crippen LogP contribution in [-0.4, -0.2) is 37.5 Å². The van der Waals surface area contributed by atoms with Gasteiger partial charge in [-0.1, -0.05) is 12.1 Å². The molecule has 6 nitrogen and oxygen atoms in total. The molecule has 6 heteroatoms. The number of carbonyl (C=O) groups excluding carboxylic acids is 1. The van der Waals surface area contributed by atoms with E-state index < -0.39 is 0 Å². The van der Waals surface area contributed by atoms with Gasteiger partial charge in [0, 0.05) is 54.7 Å².